The van der Waals surface area contributed by atoms with Gasteiger partial charge in [-0.05, 0) is 30.9 Å². The van der Waals surface area contributed by atoms with Crippen LogP contribution in [-0.2, 0) is 11.3 Å². The van der Waals surface area contributed by atoms with Gasteiger partial charge in [-0.1, -0.05) is 66.2 Å². The molecule has 1 N–H and O–H groups in total. The van der Waals surface area contributed by atoms with Crippen molar-refractivity contribution in [1.29, 1.82) is 0 Å². The molecule has 0 saturated heterocycles. The molecule has 0 bridgehead atoms. The van der Waals surface area contributed by atoms with Crippen LogP contribution in [0.1, 0.15) is 18.1 Å². The summed E-state index contributed by atoms with van der Waals surface area (Å²) in [5.74, 6) is 0.607. The maximum Gasteiger partial charge on any atom is 0.261 e. The van der Waals surface area contributed by atoms with Gasteiger partial charge in [0.05, 0.1) is 0 Å². The Morgan fingerprint density at radius 1 is 1.04 bits per heavy atom. The highest BCUT2D eigenvalue weighted by Crippen LogP contribution is 2.26. The van der Waals surface area contributed by atoms with Gasteiger partial charge in [0.25, 0.3) is 5.91 Å². The molecule has 1 atom stereocenters. The van der Waals surface area contributed by atoms with Crippen molar-refractivity contribution in [3.8, 4) is 5.75 Å². The first-order valence-electron chi connectivity index (χ1n) is 8.11. The summed E-state index contributed by atoms with van der Waals surface area (Å²) in [6, 6.07) is 22.0. The molecule has 0 heterocycles. The molecule has 0 aliphatic heterocycles. The number of aryl methyl sites for hydroxylation is 1. The van der Waals surface area contributed by atoms with Crippen molar-refractivity contribution in [2.75, 3.05) is 0 Å². The fraction of sp³-hybridized carbons (Fsp3) is 0.190. The monoisotopic (exact) mass is 319 g/mol. The van der Waals surface area contributed by atoms with E-state index in [4.69, 9.17) is 4.74 Å². The fourth-order valence-corrected chi connectivity index (χ4v) is 2.70. The van der Waals surface area contributed by atoms with Gasteiger partial charge in [-0.15, -0.1) is 0 Å². The molecule has 0 aromatic heterocycles. The van der Waals surface area contributed by atoms with Gasteiger partial charge in [0.15, 0.2) is 6.10 Å². The van der Waals surface area contributed by atoms with Gasteiger partial charge in [0.2, 0.25) is 0 Å². The van der Waals surface area contributed by atoms with E-state index in [0.717, 1.165) is 22.1 Å². The molecule has 3 aromatic rings. The summed E-state index contributed by atoms with van der Waals surface area (Å²) in [7, 11) is 0. The van der Waals surface area contributed by atoms with E-state index in [2.05, 4.69) is 11.4 Å². The van der Waals surface area contributed by atoms with Crippen molar-refractivity contribution in [1.82, 2.24) is 5.32 Å². The average molecular weight is 319 g/mol. The molecule has 0 aliphatic rings. The SMILES string of the molecule is Cc1cccc(CNC(=O)[C@H](C)Oc2cccc3ccccc23)c1. The van der Waals surface area contributed by atoms with E-state index in [0.29, 0.717) is 6.54 Å². The van der Waals surface area contributed by atoms with E-state index in [-0.39, 0.29) is 5.91 Å². The van der Waals surface area contributed by atoms with E-state index in [1.165, 1.54) is 5.56 Å². The molecule has 0 aliphatic carbocycles. The second-order valence-corrected chi connectivity index (χ2v) is 5.94. The lowest BCUT2D eigenvalue weighted by Crippen LogP contribution is -2.35. The van der Waals surface area contributed by atoms with Gasteiger partial charge < -0.3 is 10.1 Å². The van der Waals surface area contributed by atoms with Gasteiger partial charge in [-0.3, -0.25) is 4.79 Å². The highest BCUT2D eigenvalue weighted by Gasteiger charge is 2.15. The summed E-state index contributed by atoms with van der Waals surface area (Å²) in [5.41, 5.74) is 2.27. The summed E-state index contributed by atoms with van der Waals surface area (Å²) >= 11 is 0. The zero-order valence-corrected chi connectivity index (χ0v) is 14.0. The molecule has 0 radical (unpaired) electrons. The van der Waals surface area contributed by atoms with Crippen molar-refractivity contribution in [2.45, 2.75) is 26.5 Å². The average Bonchev–Trinajstić information content (AvgIpc) is 2.60. The standard InChI is InChI=1S/C21H21NO2/c1-15-7-5-8-17(13-15)14-22-21(23)16(2)24-20-12-6-10-18-9-3-4-11-19(18)20/h3-13,16H,14H2,1-2H3,(H,22,23)/t16-/m0/s1. The third kappa shape index (κ3) is 3.74. The first-order chi connectivity index (χ1) is 11.6. The zero-order valence-electron chi connectivity index (χ0n) is 14.0. The highest BCUT2D eigenvalue weighted by atomic mass is 16.5. The Balaban J connectivity index is 1.65. The van der Waals surface area contributed by atoms with Gasteiger partial charge in [-0.2, -0.15) is 0 Å². The number of carbonyl (C=O) groups excluding carboxylic acids is 1. The molecule has 3 aromatic carbocycles. The number of ether oxygens (including phenoxy) is 1. The predicted octanol–water partition coefficient (Wildman–Crippen LogP) is 4.23. The summed E-state index contributed by atoms with van der Waals surface area (Å²) in [6.45, 7) is 4.31. The summed E-state index contributed by atoms with van der Waals surface area (Å²) < 4.78 is 5.89. The maximum atomic E-state index is 12.3. The van der Waals surface area contributed by atoms with Crippen LogP contribution in [-0.4, -0.2) is 12.0 Å². The molecular weight excluding hydrogens is 298 g/mol. The minimum absolute atomic E-state index is 0.121. The molecule has 24 heavy (non-hydrogen) atoms. The van der Waals surface area contributed by atoms with Crippen LogP contribution in [0.2, 0.25) is 0 Å². The van der Waals surface area contributed by atoms with Gasteiger partial charge in [0, 0.05) is 11.9 Å². The summed E-state index contributed by atoms with van der Waals surface area (Å²) in [6.07, 6.45) is -0.555. The van der Waals surface area contributed by atoms with E-state index in [1.807, 2.05) is 67.6 Å². The number of carbonyl (C=O) groups is 1. The van der Waals surface area contributed by atoms with Crippen molar-refractivity contribution < 1.29 is 9.53 Å². The molecule has 0 saturated carbocycles. The Hall–Kier alpha value is -2.81. The van der Waals surface area contributed by atoms with Crippen LogP contribution in [0.4, 0.5) is 0 Å². The molecule has 0 fully saturated rings. The highest BCUT2D eigenvalue weighted by molar-refractivity contribution is 5.89. The van der Waals surface area contributed by atoms with Crippen LogP contribution >= 0.6 is 0 Å². The van der Waals surface area contributed by atoms with Gasteiger partial charge in [0.1, 0.15) is 5.75 Å². The third-order valence-electron chi connectivity index (χ3n) is 3.97. The molecule has 0 spiro atoms. The largest absolute Gasteiger partial charge is 0.480 e. The van der Waals surface area contributed by atoms with Crippen LogP contribution in [0, 0.1) is 6.92 Å². The smallest absolute Gasteiger partial charge is 0.261 e. The Morgan fingerprint density at radius 2 is 1.79 bits per heavy atom. The van der Waals surface area contributed by atoms with Crippen LogP contribution < -0.4 is 10.1 Å². The predicted molar refractivity (Wildman–Crippen MR) is 97.1 cm³/mol. The molecule has 3 rings (SSSR count). The van der Waals surface area contributed by atoms with Crippen molar-refractivity contribution in [3.63, 3.8) is 0 Å². The minimum Gasteiger partial charge on any atom is -0.480 e. The molecule has 122 valence electrons. The van der Waals surface area contributed by atoms with Crippen LogP contribution in [0.25, 0.3) is 10.8 Å². The Morgan fingerprint density at radius 3 is 2.62 bits per heavy atom. The summed E-state index contributed by atoms with van der Waals surface area (Å²) in [5, 5.41) is 5.04. The number of amides is 1. The lowest BCUT2D eigenvalue weighted by Gasteiger charge is -2.16. The Labute approximate surface area is 142 Å². The lowest BCUT2D eigenvalue weighted by molar-refractivity contribution is -0.127. The van der Waals surface area contributed by atoms with E-state index >= 15 is 0 Å². The first-order valence-corrected chi connectivity index (χ1v) is 8.11. The maximum absolute atomic E-state index is 12.3. The minimum atomic E-state index is -0.555. The van der Waals surface area contributed by atoms with Crippen LogP contribution in [0.5, 0.6) is 5.75 Å². The Kier molecular flexibility index (Phi) is 4.80. The zero-order chi connectivity index (χ0) is 16.9. The topological polar surface area (TPSA) is 38.3 Å². The number of nitrogens with one attached hydrogen (secondary N) is 1. The first kappa shape index (κ1) is 16.1. The fourth-order valence-electron chi connectivity index (χ4n) is 2.70. The second-order valence-electron chi connectivity index (χ2n) is 5.94. The molecular formula is C21H21NO2. The normalized spacial score (nSPS) is 11.9. The molecule has 3 nitrogen and oxygen atoms in total. The number of hydrogen-bond acceptors (Lipinski definition) is 2. The molecule has 1 amide bonds. The van der Waals surface area contributed by atoms with Crippen LogP contribution in [0.15, 0.2) is 66.7 Å². The van der Waals surface area contributed by atoms with Crippen LogP contribution in [0.3, 0.4) is 0 Å². The number of hydrogen-bond donors (Lipinski definition) is 1. The quantitative estimate of drug-likeness (QED) is 0.764. The van der Waals surface area contributed by atoms with Crippen molar-refractivity contribution in [3.05, 3.63) is 77.9 Å². The second kappa shape index (κ2) is 7.18. The number of benzene rings is 3. The summed E-state index contributed by atoms with van der Waals surface area (Å²) in [4.78, 5) is 12.3. The van der Waals surface area contributed by atoms with Crippen molar-refractivity contribution in [2.24, 2.45) is 0 Å². The van der Waals surface area contributed by atoms with Gasteiger partial charge >= 0.3 is 0 Å². The van der Waals surface area contributed by atoms with E-state index in [9.17, 15) is 4.79 Å². The number of fused-ring (bicyclic) bond motifs is 1. The molecule has 0 unspecified atom stereocenters. The van der Waals surface area contributed by atoms with Gasteiger partial charge in [-0.25, -0.2) is 0 Å². The van der Waals surface area contributed by atoms with E-state index in [1.54, 1.807) is 6.92 Å². The molecule has 3 heteroatoms. The lowest BCUT2D eigenvalue weighted by atomic mass is 10.1. The number of rotatable bonds is 5. The van der Waals surface area contributed by atoms with Crippen molar-refractivity contribution >= 4 is 16.7 Å². The van der Waals surface area contributed by atoms with E-state index < -0.39 is 6.10 Å². The Bertz CT molecular complexity index is 852. The third-order valence-corrected chi connectivity index (χ3v) is 3.97.